The SMILES string of the molecule is CC1=C[C@@H](CN2CCN(c3ccccn3)CC2)[C@H](C(C)C)C[C@H]1Cc1nnc(C)o1. The van der Waals surface area contributed by atoms with Crippen LogP contribution in [0.5, 0.6) is 0 Å². The predicted molar refractivity (Wildman–Crippen MR) is 119 cm³/mol. The van der Waals surface area contributed by atoms with E-state index in [2.05, 4.69) is 64.0 Å². The van der Waals surface area contributed by atoms with E-state index < -0.39 is 0 Å². The molecule has 0 unspecified atom stereocenters. The highest BCUT2D eigenvalue weighted by atomic mass is 16.4. The maximum absolute atomic E-state index is 5.66. The van der Waals surface area contributed by atoms with Crippen LogP contribution in [0.3, 0.4) is 0 Å². The van der Waals surface area contributed by atoms with Crippen LogP contribution in [0.4, 0.5) is 5.82 Å². The van der Waals surface area contributed by atoms with E-state index in [0.717, 1.165) is 50.9 Å². The molecule has 1 aliphatic carbocycles. The number of piperazine rings is 1. The molecule has 1 fully saturated rings. The molecule has 4 rings (SSSR count). The van der Waals surface area contributed by atoms with Crippen LogP contribution < -0.4 is 4.90 Å². The maximum atomic E-state index is 5.66. The molecule has 3 heterocycles. The number of allylic oxidation sites excluding steroid dienone is 1. The molecule has 2 aliphatic rings. The highest BCUT2D eigenvalue weighted by molar-refractivity contribution is 5.38. The smallest absolute Gasteiger partial charge is 0.217 e. The summed E-state index contributed by atoms with van der Waals surface area (Å²) < 4.78 is 5.66. The fraction of sp³-hybridized carbons (Fsp3) is 0.625. The molecule has 0 amide bonds. The van der Waals surface area contributed by atoms with E-state index in [1.54, 1.807) is 0 Å². The van der Waals surface area contributed by atoms with Gasteiger partial charge in [-0.25, -0.2) is 4.98 Å². The summed E-state index contributed by atoms with van der Waals surface area (Å²) in [6.07, 6.45) is 6.51. The second-order valence-corrected chi connectivity index (χ2v) is 9.31. The third kappa shape index (κ3) is 4.91. The highest BCUT2D eigenvalue weighted by Gasteiger charge is 2.34. The third-order valence-corrected chi connectivity index (χ3v) is 6.89. The number of anilines is 1. The molecule has 0 aromatic carbocycles. The first-order chi connectivity index (χ1) is 14.5. The van der Waals surface area contributed by atoms with E-state index in [0.29, 0.717) is 29.6 Å². The van der Waals surface area contributed by atoms with Crippen molar-refractivity contribution in [3.8, 4) is 0 Å². The molecule has 0 radical (unpaired) electrons. The van der Waals surface area contributed by atoms with Crippen LogP contribution in [-0.2, 0) is 6.42 Å². The Kier molecular flexibility index (Phi) is 6.52. The van der Waals surface area contributed by atoms with Crippen molar-refractivity contribution in [1.29, 1.82) is 0 Å². The number of pyridine rings is 1. The topological polar surface area (TPSA) is 58.3 Å². The summed E-state index contributed by atoms with van der Waals surface area (Å²) in [6, 6.07) is 6.17. The first-order valence-electron chi connectivity index (χ1n) is 11.3. The average molecular weight is 410 g/mol. The monoisotopic (exact) mass is 409 g/mol. The number of aromatic nitrogens is 3. The quantitative estimate of drug-likeness (QED) is 0.673. The molecular weight excluding hydrogens is 374 g/mol. The number of hydrogen-bond donors (Lipinski definition) is 0. The minimum Gasteiger partial charge on any atom is -0.426 e. The molecule has 1 saturated heterocycles. The molecule has 3 atom stereocenters. The molecule has 162 valence electrons. The Morgan fingerprint density at radius 1 is 1.10 bits per heavy atom. The number of hydrogen-bond acceptors (Lipinski definition) is 6. The summed E-state index contributed by atoms with van der Waals surface area (Å²) in [7, 11) is 0. The molecule has 2 aromatic rings. The summed E-state index contributed by atoms with van der Waals surface area (Å²) in [5.41, 5.74) is 1.49. The maximum Gasteiger partial charge on any atom is 0.217 e. The minimum atomic E-state index is 0.509. The summed E-state index contributed by atoms with van der Waals surface area (Å²) in [5.74, 6) is 5.02. The van der Waals surface area contributed by atoms with Crippen molar-refractivity contribution in [3.05, 3.63) is 47.8 Å². The van der Waals surface area contributed by atoms with Gasteiger partial charge in [-0.1, -0.05) is 31.6 Å². The van der Waals surface area contributed by atoms with Crippen molar-refractivity contribution in [3.63, 3.8) is 0 Å². The van der Waals surface area contributed by atoms with Crippen LogP contribution >= 0.6 is 0 Å². The summed E-state index contributed by atoms with van der Waals surface area (Å²) in [4.78, 5) is 9.56. The lowest BCUT2D eigenvalue weighted by Gasteiger charge is -2.41. The van der Waals surface area contributed by atoms with Gasteiger partial charge in [0, 0.05) is 52.3 Å². The Bertz CT molecular complexity index is 838. The lowest BCUT2D eigenvalue weighted by Crippen LogP contribution is -2.49. The summed E-state index contributed by atoms with van der Waals surface area (Å²) in [5, 5.41) is 8.23. The Balaban J connectivity index is 1.38. The van der Waals surface area contributed by atoms with E-state index in [1.165, 1.54) is 12.0 Å². The molecule has 6 nitrogen and oxygen atoms in total. The van der Waals surface area contributed by atoms with Crippen molar-refractivity contribution in [1.82, 2.24) is 20.1 Å². The van der Waals surface area contributed by atoms with Crippen molar-refractivity contribution in [2.75, 3.05) is 37.6 Å². The molecule has 0 spiro atoms. The predicted octanol–water partition coefficient (Wildman–Crippen LogP) is 3.99. The normalized spacial score (nSPS) is 25.6. The highest BCUT2D eigenvalue weighted by Crippen LogP contribution is 2.39. The summed E-state index contributed by atoms with van der Waals surface area (Å²) >= 11 is 0. The Morgan fingerprint density at radius 3 is 2.53 bits per heavy atom. The van der Waals surface area contributed by atoms with E-state index in [4.69, 9.17) is 4.42 Å². The van der Waals surface area contributed by atoms with Crippen LogP contribution in [0.2, 0.25) is 0 Å². The molecule has 6 heteroatoms. The zero-order valence-corrected chi connectivity index (χ0v) is 18.8. The van der Waals surface area contributed by atoms with E-state index in [9.17, 15) is 0 Å². The number of rotatable bonds is 6. The van der Waals surface area contributed by atoms with Gasteiger partial charge in [-0.15, -0.1) is 10.2 Å². The van der Waals surface area contributed by atoms with Gasteiger partial charge in [0.15, 0.2) is 0 Å². The van der Waals surface area contributed by atoms with Crippen LogP contribution in [-0.4, -0.2) is 52.8 Å². The lowest BCUT2D eigenvalue weighted by atomic mass is 9.69. The van der Waals surface area contributed by atoms with Gasteiger partial charge in [0.05, 0.1) is 0 Å². The Hall–Kier alpha value is -2.21. The van der Waals surface area contributed by atoms with Gasteiger partial charge in [-0.3, -0.25) is 4.90 Å². The standard InChI is InChI=1S/C24H35N5O/c1-17(2)22-14-20(15-24-27-26-19(4)30-24)18(3)13-21(22)16-28-9-11-29(12-10-28)23-7-5-6-8-25-23/h5-8,13,17,20-22H,9-12,14-16H2,1-4H3/t20-,21-,22-/m0/s1. The molecule has 30 heavy (non-hydrogen) atoms. The minimum absolute atomic E-state index is 0.509. The van der Waals surface area contributed by atoms with E-state index in [1.807, 2.05) is 19.2 Å². The second-order valence-electron chi connectivity index (χ2n) is 9.31. The van der Waals surface area contributed by atoms with Gasteiger partial charge >= 0.3 is 0 Å². The molecular formula is C24H35N5O. The molecule has 0 N–H and O–H groups in total. The van der Waals surface area contributed by atoms with Crippen molar-refractivity contribution in [2.24, 2.45) is 23.7 Å². The van der Waals surface area contributed by atoms with Crippen molar-refractivity contribution >= 4 is 5.82 Å². The van der Waals surface area contributed by atoms with Crippen molar-refractivity contribution < 1.29 is 4.42 Å². The Labute approximate surface area is 180 Å². The Morgan fingerprint density at radius 2 is 1.90 bits per heavy atom. The van der Waals surface area contributed by atoms with Gasteiger partial charge in [-0.05, 0) is 49.1 Å². The first-order valence-corrected chi connectivity index (χ1v) is 11.3. The fourth-order valence-electron chi connectivity index (χ4n) is 5.11. The largest absolute Gasteiger partial charge is 0.426 e. The molecule has 1 aliphatic heterocycles. The lowest BCUT2D eigenvalue weighted by molar-refractivity contribution is 0.154. The van der Waals surface area contributed by atoms with Gasteiger partial charge in [-0.2, -0.15) is 0 Å². The number of aryl methyl sites for hydroxylation is 1. The first kappa shape index (κ1) is 21.0. The second kappa shape index (κ2) is 9.29. The summed E-state index contributed by atoms with van der Waals surface area (Å²) in [6.45, 7) is 14.4. The molecule has 0 bridgehead atoms. The van der Waals surface area contributed by atoms with Crippen molar-refractivity contribution in [2.45, 2.75) is 40.5 Å². The molecule has 2 aromatic heterocycles. The van der Waals surface area contributed by atoms with E-state index in [-0.39, 0.29) is 0 Å². The van der Waals surface area contributed by atoms with E-state index >= 15 is 0 Å². The van der Waals surface area contributed by atoms with Gasteiger partial charge in [0.1, 0.15) is 5.82 Å². The van der Waals surface area contributed by atoms with Gasteiger partial charge in [0.25, 0.3) is 0 Å². The average Bonchev–Trinajstić information content (AvgIpc) is 3.15. The van der Waals surface area contributed by atoms with Gasteiger partial charge in [0.2, 0.25) is 11.8 Å². The van der Waals surface area contributed by atoms with Crippen LogP contribution in [0.25, 0.3) is 0 Å². The fourth-order valence-corrected chi connectivity index (χ4v) is 5.11. The van der Waals surface area contributed by atoms with Crippen LogP contribution in [0.15, 0.2) is 40.5 Å². The molecule has 0 saturated carbocycles. The van der Waals surface area contributed by atoms with Crippen LogP contribution in [0, 0.1) is 30.6 Å². The number of nitrogens with zero attached hydrogens (tertiary/aromatic N) is 5. The third-order valence-electron chi connectivity index (χ3n) is 6.89. The van der Waals surface area contributed by atoms with Gasteiger partial charge < -0.3 is 9.32 Å². The zero-order valence-electron chi connectivity index (χ0n) is 18.8. The van der Waals surface area contributed by atoms with Crippen LogP contribution in [0.1, 0.15) is 39.0 Å². The zero-order chi connectivity index (χ0) is 21.1.